The van der Waals surface area contributed by atoms with Crippen molar-refractivity contribution in [3.63, 3.8) is 0 Å². The van der Waals surface area contributed by atoms with Gasteiger partial charge in [-0.15, -0.1) is 0 Å². The number of hydrogen-bond donors (Lipinski definition) is 0. The molecule has 2 atom stereocenters. The molecular formula is C12H20N2O2S. The van der Waals surface area contributed by atoms with Crippen LogP contribution in [-0.4, -0.2) is 42.9 Å². The van der Waals surface area contributed by atoms with Gasteiger partial charge in [0.2, 0.25) is 0 Å². The van der Waals surface area contributed by atoms with Gasteiger partial charge in [0.05, 0.1) is 10.9 Å². The minimum absolute atomic E-state index is 0.0352. The Bertz CT molecular complexity index is 445. The van der Waals surface area contributed by atoms with Crippen molar-refractivity contribution < 1.29 is 8.42 Å². The fourth-order valence-corrected chi connectivity index (χ4v) is 2.53. The van der Waals surface area contributed by atoms with Crippen molar-refractivity contribution in [1.82, 2.24) is 9.88 Å². The minimum Gasteiger partial charge on any atom is -0.297 e. The van der Waals surface area contributed by atoms with Crippen molar-refractivity contribution in [2.45, 2.75) is 31.7 Å². The summed E-state index contributed by atoms with van der Waals surface area (Å²) in [4.78, 5) is 6.24. The quantitative estimate of drug-likeness (QED) is 0.797. The Hall–Kier alpha value is -0.940. The molecule has 1 rings (SSSR count). The monoisotopic (exact) mass is 256 g/mol. The second-order valence-electron chi connectivity index (χ2n) is 4.51. The van der Waals surface area contributed by atoms with Crippen molar-refractivity contribution >= 4 is 9.84 Å². The molecule has 4 nitrogen and oxygen atoms in total. The van der Waals surface area contributed by atoms with Crippen LogP contribution in [0.2, 0.25) is 0 Å². The van der Waals surface area contributed by atoms with E-state index in [-0.39, 0.29) is 11.3 Å². The van der Waals surface area contributed by atoms with Crippen molar-refractivity contribution in [3.05, 3.63) is 30.1 Å². The molecule has 0 aliphatic carbocycles. The molecule has 0 N–H and O–H groups in total. The molecule has 96 valence electrons. The molecule has 17 heavy (non-hydrogen) atoms. The summed E-state index contributed by atoms with van der Waals surface area (Å²) in [5.41, 5.74) is 0.947. The Labute approximate surface area is 104 Å². The first-order chi connectivity index (χ1) is 7.82. The van der Waals surface area contributed by atoms with Crippen LogP contribution in [0.1, 0.15) is 19.5 Å². The molecule has 1 heterocycles. The fourth-order valence-electron chi connectivity index (χ4n) is 1.61. The summed E-state index contributed by atoms with van der Waals surface area (Å²) in [6.45, 7) is 4.32. The summed E-state index contributed by atoms with van der Waals surface area (Å²) < 4.78 is 23.0. The summed E-state index contributed by atoms with van der Waals surface area (Å²) in [5.74, 6) is 0. The van der Waals surface area contributed by atoms with Crippen LogP contribution in [0, 0.1) is 0 Å². The van der Waals surface area contributed by atoms with Crippen LogP contribution >= 0.6 is 0 Å². The lowest BCUT2D eigenvalue weighted by atomic mass is 10.2. The maximum absolute atomic E-state index is 11.5. The molecule has 0 fully saturated rings. The average molecular weight is 256 g/mol. The van der Waals surface area contributed by atoms with E-state index in [1.165, 1.54) is 6.26 Å². The number of rotatable bonds is 5. The van der Waals surface area contributed by atoms with Gasteiger partial charge >= 0.3 is 0 Å². The third-order valence-electron chi connectivity index (χ3n) is 3.19. The molecule has 0 aliphatic rings. The maximum Gasteiger partial charge on any atom is 0.151 e. The van der Waals surface area contributed by atoms with Crippen LogP contribution in [0.4, 0.5) is 0 Å². The molecule has 1 aromatic rings. The molecule has 0 amide bonds. The van der Waals surface area contributed by atoms with Crippen LogP contribution < -0.4 is 0 Å². The molecule has 0 aromatic carbocycles. The Morgan fingerprint density at radius 3 is 2.47 bits per heavy atom. The summed E-state index contributed by atoms with van der Waals surface area (Å²) in [7, 11) is -1.08. The van der Waals surface area contributed by atoms with Crippen LogP contribution in [-0.2, 0) is 16.4 Å². The largest absolute Gasteiger partial charge is 0.297 e. The number of pyridine rings is 1. The van der Waals surface area contributed by atoms with Gasteiger partial charge < -0.3 is 0 Å². The summed E-state index contributed by atoms with van der Waals surface area (Å²) in [6.07, 6.45) is 3.02. The zero-order valence-corrected chi connectivity index (χ0v) is 11.6. The Morgan fingerprint density at radius 2 is 2.00 bits per heavy atom. The molecule has 0 unspecified atom stereocenters. The lowest BCUT2D eigenvalue weighted by molar-refractivity contribution is 0.242. The number of nitrogens with zero attached hydrogens (tertiary/aromatic N) is 2. The first-order valence-electron chi connectivity index (χ1n) is 5.61. The lowest BCUT2D eigenvalue weighted by Crippen LogP contribution is -2.41. The predicted octanol–water partition coefficient (Wildman–Crippen LogP) is 1.33. The molecule has 0 bridgehead atoms. The van der Waals surface area contributed by atoms with E-state index < -0.39 is 9.84 Å². The van der Waals surface area contributed by atoms with E-state index in [4.69, 9.17) is 0 Å². The third-order valence-corrected chi connectivity index (χ3v) is 4.93. The molecule has 0 saturated heterocycles. The number of aromatic nitrogens is 1. The van der Waals surface area contributed by atoms with E-state index in [1.54, 1.807) is 13.1 Å². The van der Waals surface area contributed by atoms with Crippen LogP contribution in [0.15, 0.2) is 24.4 Å². The molecule has 0 saturated carbocycles. The van der Waals surface area contributed by atoms with Gasteiger partial charge in [-0.25, -0.2) is 8.42 Å². The van der Waals surface area contributed by atoms with Gasteiger partial charge in [0.1, 0.15) is 0 Å². The lowest BCUT2D eigenvalue weighted by Gasteiger charge is -2.28. The predicted molar refractivity (Wildman–Crippen MR) is 69.5 cm³/mol. The maximum atomic E-state index is 11.5. The van der Waals surface area contributed by atoms with Crippen LogP contribution in [0.25, 0.3) is 0 Å². The van der Waals surface area contributed by atoms with Gasteiger partial charge in [0.25, 0.3) is 0 Å². The van der Waals surface area contributed by atoms with Gasteiger partial charge in [-0.2, -0.15) is 0 Å². The fraction of sp³-hybridized carbons (Fsp3) is 0.583. The topological polar surface area (TPSA) is 50.3 Å². The zero-order valence-electron chi connectivity index (χ0n) is 10.8. The second-order valence-corrected chi connectivity index (χ2v) is 6.91. The van der Waals surface area contributed by atoms with Crippen LogP contribution in [0.3, 0.4) is 0 Å². The molecule has 1 aromatic heterocycles. The van der Waals surface area contributed by atoms with Crippen molar-refractivity contribution in [2.24, 2.45) is 0 Å². The van der Waals surface area contributed by atoms with Gasteiger partial charge in [-0.1, -0.05) is 6.07 Å². The molecule has 0 aliphatic heterocycles. The first-order valence-corrected chi connectivity index (χ1v) is 7.57. The van der Waals surface area contributed by atoms with E-state index in [2.05, 4.69) is 4.98 Å². The first kappa shape index (κ1) is 14.1. The Balaban J connectivity index is 2.68. The van der Waals surface area contributed by atoms with E-state index in [0.717, 1.165) is 5.69 Å². The van der Waals surface area contributed by atoms with E-state index in [9.17, 15) is 8.42 Å². The number of hydrogen-bond acceptors (Lipinski definition) is 4. The average Bonchev–Trinajstić information content (AvgIpc) is 2.27. The SMILES string of the molecule is C[C@@H]([C@H](C)S(C)(=O)=O)N(C)Cc1ccccn1. The summed E-state index contributed by atoms with van der Waals surface area (Å²) in [6, 6.07) is 5.70. The van der Waals surface area contributed by atoms with Crippen molar-refractivity contribution in [1.29, 1.82) is 0 Å². The van der Waals surface area contributed by atoms with Crippen molar-refractivity contribution in [3.8, 4) is 0 Å². The minimum atomic E-state index is -3.00. The highest BCUT2D eigenvalue weighted by Gasteiger charge is 2.25. The zero-order chi connectivity index (χ0) is 13.1. The standard InChI is InChI=1S/C12H20N2O2S/c1-10(11(2)17(4,15)16)14(3)9-12-7-5-6-8-13-12/h5-8,10-11H,9H2,1-4H3/t10-,11-/m0/s1. The highest BCUT2D eigenvalue weighted by Crippen LogP contribution is 2.12. The molecule has 0 radical (unpaired) electrons. The highest BCUT2D eigenvalue weighted by atomic mass is 32.2. The second kappa shape index (κ2) is 5.60. The van der Waals surface area contributed by atoms with E-state index in [0.29, 0.717) is 6.54 Å². The highest BCUT2D eigenvalue weighted by molar-refractivity contribution is 7.91. The van der Waals surface area contributed by atoms with E-state index in [1.807, 2.05) is 37.1 Å². The van der Waals surface area contributed by atoms with Gasteiger partial charge in [0.15, 0.2) is 9.84 Å². The Kier molecular flexibility index (Phi) is 4.65. The number of sulfone groups is 1. The summed E-state index contributed by atoms with van der Waals surface area (Å²) >= 11 is 0. The normalized spacial score (nSPS) is 15.8. The van der Waals surface area contributed by atoms with Gasteiger partial charge in [0, 0.05) is 25.0 Å². The third kappa shape index (κ3) is 4.09. The molecule has 0 spiro atoms. The van der Waals surface area contributed by atoms with E-state index >= 15 is 0 Å². The Morgan fingerprint density at radius 1 is 1.35 bits per heavy atom. The smallest absolute Gasteiger partial charge is 0.151 e. The summed E-state index contributed by atoms with van der Waals surface area (Å²) in [5, 5.41) is -0.379. The van der Waals surface area contributed by atoms with Crippen molar-refractivity contribution in [2.75, 3.05) is 13.3 Å². The van der Waals surface area contributed by atoms with Gasteiger partial charge in [-0.05, 0) is 33.0 Å². The molecular weight excluding hydrogens is 236 g/mol. The van der Waals surface area contributed by atoms with Crippen LogP contribution in [0.5, 0.6) is 0 Å². The molecule has 5 heteroatoms. The van der Waals surface area contributed by atoms with Gasteiger partial charge in [-0.3, -0.25) is 9.88 Å².